The Morgan fingerprint density at radius 3 is 2.37 bits per heavy atom. The number of carbonyl (C=O) groups is 1. The first kappa shape index (κ1) is 26.0. The zero-order chi connectivity index (χ0) is 25.3. The number of para-hydroxylation sites is 1. The maximum Gasteiger partial charge on any atom is 0.260 e. The molecule has 2 heterocycles. The largest absolute Gasteiger partial charge is 0.373 e. The molecule has 35 heavy (non-hydrogen) atoms. The van der Waals surface area contributed by atoms with Gasteiger partial charge in [-0.3, -0.25) is 9.69 Å². The number of hydrogen-bond donors (Lipinski definition) is 0. The molecule has 2 aromatic carbocycles. The number of ether oxygens (including phenoxy) is 1. The molecule has 1 aromatic heterocycles. The van der Waals surface area contributed by atoms with Crippen LogP contribution in [0.3, 0.4) is 0 Å². The van der Waals surface area contributed by atoms with Crippen LogP contribution in [-0.2, 0) is 14.8 Å². The number of anilines is 1. The molecule has 3 aromatic rings. The molecule has 0 N–H and O–H groups in total. The molecule has 1 aliphatic heterocycles. The minimum atomic E-state index is -3.69. The summed E-state index contributed by atoms with van der Waals surface area (Å²) in [7, 11) is 0.181. The molecule has 8 nitrogen and oxygen atoms in total. The average molecular weight is 537 g/mol. The highest BCUT2D eigenvalue weighted by molar-refractivity contribution is 7.89. The van der Waals surface area contributed by atoms with Crippen LogP contribution in [0.2, 0.25) is 5.02 Å². The van der Waals surface area contributed by atoms with Crippen LogP contribution in [0.5, 0.6) is 0 Å². The number of carbonyl (C=O) groups excluding carboxylic acids is 1. The Kier molecular flexibility index (Phi) is 7.80. The Bertz CT molecular complexity index is 1300. The second kappa shape index (κ2) is 10.5. The highest BCUT2D eigenvalue weighted by Gasteiger charge is 2.32. The molecule has 1 aliphatic rings. The van der Waals surface area contributed by atoms with Gasteiger partial charge in [0.1, 0.15) is 5.52 Å². The monoisotopic (exact) mass is 536 g/mol. The normalized spacial score (nSPS) is 19.4. The van der Waals surface area contributed by atoms with Crippen LogP contribution in [0.25, 0.3) is 10.2 Å². The van der Waals surface area contributed by atoms with Crippen LogP contribution in [0.15, 0.2) is 47.4 Å². The third kappa shape index (κ3) is 5.68. The molecule has 1 amide bonds. The number of aromatic nitrogens is 1. The van der Waals surface area contributed by atoms with E-state index in [0.717, 1.165) is 4.70 Å². The lowest BCUT2D eigenvalue weighted by Gasteiger charge is -2.34. The van der Waals surface area contributed by atoms with E-state index in [1.54, 1.807) is 23.1 Å². The standard InChI is InChI=1S/C24H29ClN4O4S2/c1-16-14-28(15-17(2)33-16)35(31,32)19-10-8-18(9-11-19)23(30)29(13-12-27(3)4)24-26-22-20(25)6-5-7-21(22)34-24/h5-11,16-17H,12-15H2,1-4H3/t16-,17+. The van der Waals surface area contributed by atoms with Gasteiger partial charge in [0.25, 0.3) is 5.91 Å². The van der Waals surface area contributed by atoms with Gasteiger partial charge in [-0.25, -0.2) is 13.4 Å². The number of likely N-dealkylation sites (N-methyl/N-ethyl adjacent to an activating group) is 1. The van der Waals surface area contributed by atoms with Crippen LogP contribution in [0, 0.1) is 0 Å². The zero-order valence-electron chi connectivity index (χ0n) is 20.1. The van der Waals surface area contributed by atoms with Crippen LogP contribution in [-0.4, -0.2) is 81.0 Å². The Balaban J connectivity index is 1.61. The summed E-state index contributed by atoms with van der Waals surface area (Å²) >= 11 is 7.70. The predicted octanol–water partition coefficient (Wildman–Crippen LogP) is 3.96. The summed E-state index contributed by atoms with van der Waals surface area (Å²) in [6.07, 6.45) is -0.358. The summed E-state index contributed by atoms with van der Waals surface area (Å²) in [4.78, 5) is 21.9. The Labute approximate surface area is 215 Å². The maximum atomic E-state index is 13.5. The van der Waals surface area contributed by atoms with Crippen molar-refractivity contribution in [2.24, 2.45) is 0 Å². The van der Waals surface area contributed by atoms with Crippen molar-refractivity contribution in [3.8, 4) is 0 Å². The van der Waals surface area contributed by atoms with E-state index in [1.165, 1.54) is 27.8 Å². The van der Waals surface area contributed by atoms with E-state index >= 15 is 0 Å². The van der Waals surface area contributed by atoms with Crippen LogP contribution >= 0.6 is 22.9 Å². The second-order valence-electron chi connectivity index (χ2n) is 8.95. The first-order valence-electron chi connectivity index (χ1n) is 11.3. The molecule has 0 bridgehead atoms. The van der Waals surface area contributed by atoms with Crippen molar-refractivity contribution in [3.05, 3.63) is 53.1 Å². The molecule has 1 fully saturated rings. The topological polar surface area (TPSA) is 83.1 Å². The highest BCUT2D eigenvalue weighted by atomic mass is 35.5. The lowest BCUT2D eigenvalue weighted by atomic mass is 10.2. The number of halogens is 1. The molecule has 11 heteroatoms. The summed E-state index contributed by atoms with van der Waals surface area (Å²) in [5, 5.41) is 1.08. The van der Waals surface area contributed by atoms with Gasteiger partial charge in [-0.15, -0.1) is 0 Å². The number of benzene rings is 2. The first-order chi connectivity index (χ1) is 16.6. The van der Waals surface area contributed by atoms with Gasteiger partial charge >= 0.3 is 0 Å². The molecule has 188 valence electrons. The van der Waals surface area contributed by atoms with E-state index in [4.69, 9.17) is 16.3 Å². The summed E-state index contributed by atoms with van der Waals surface area (Å²) in [6, 6.07) is 11.7. The van der Waals surface area contributed by atoms with Crippen molar-refractivity contribution in [3.63, 3.8) is 0 Å². The molecule has 0 saturated carbocycles. The molecule has 4 rings (SSSR count). The first-order valence-corrected chi connectivity index (χ1v) is 14.0. The van der Waals surface area contributed by atoms with Gasteiger partial charge in [-0.2, -0.15) is 4.31 Å². The van der Waals surface area contributed by atoms with E-state index < -0.39 is 10.0 Å². The van der Waals surface area contributed by atoms with E-state index in [0.29, 0.717) is 47.4 Å². The van der Waals surface area contributed by atoms with Gasteiger partial charge in [-0.1, -0.05) is 29.0 Å². The van der Waals surface area contributed by atoms with Crippen LogP contribution in [0.1, 0.15) is 24.2 Å². The van der Waals surface area contributed by atoms with Crippen molar-refractivity contribution < 1.29 is 17.9 Å². The third-order valence-corrected chi connectivity index (χ3v) is 8.92. The third-order valence-electron chi connectivity index (χ3n) is 5.73. The van der Waals surface area contributed by atoms with Gasteiger partial charge in [-0.05, 0) is 64.3 Å². The van der Waals surface area contributed by atoms with Gasteiger partial charge < -0.3 is 9.64 Å². The van der Waals surface area contributed by atoms with Gasteiger partial charge in [0.2, 0.25) is 10.0 Å². The highest BCUT2D eigenvalue weighted by Crippen LogP contribution is 2.33. The molecular formula is C24H29ClN4O4S2. The van der Waals surface area contributed by atoms with E-state index in [1.807, 2.05) is 45.0 Å². The fourth-order valence-electron chi connectivity index (χ4n) is 4.00. The number of thiazole rings is 1. The van der Waals surface area contributed by atoms with Crippen LogP contribution < -0.4 is 4.90 Å². The number of morpholine rings is 1. The quantitative estimate of drug-likeness (QED) is 0.454. The molecule has 0 spiro atoms. The molecule has 2 atom stereocenters. The molecule has 1 saturated heterocycles. The predicted molar refractivity (Wildman–Crippen MR) is 140 cm³/mol. The van der Waals surface area contributed by atoms with Crippen molar-refractivity contribution >= 4 is 54.2 Å². The summed E-state index contributed by atoms with van der Waals surface area (Å²) in [5.74, 6) is -0.250. The van der Waals surface area contributed by atoms with E-state index in [9.17, 15) is 13.2 Å². The van der Waals surface area contributed by atoms with Crippen molar-refractivity contribution in [2.75, 3.05) is 45.2 Å². The lowest BCUT2D eigenvalue weighted by Crippen LogP contribution is -2.48. The summed E-state index contributed by atoms with van der Waals surface area (Å²) in [5.41, 5.74) is 1.05. The van der Waals surface area contributed by atoms with Crippen LogP contribution in [0.4, 0.5) is 5.13 Å². The molecular weight excluding hydrogens is 508 g/mol. The lowest BCUT2D eigenvalue weighted by molar-refractivity contribution is -0.0440. The number of amides is 1. The molecule has 0 aliphatic carbocycles. The fourth-order valence-corrected chi connectivity index (χ4v) is 6.88. The van der Waals surface area contributed by atoms with Gasteiger partial charge in [0.05, 0.1) is 26.8 Å². The fraction of sp³-hybridized carbons (Fsp3) is 0.417. The number of fused-ring (bicyclic) bond motifs is 1. The maximum absolute atomic E-state index is 13.5. The minimum absolute atomic E-state index is 0.155. The number of hydrogen-bond acceptors (Lipinski definition) is 7. The minimum Gasteiger partial charge on any atom is -0.373 e. The Hall–Kier alpha value is -2.08. The van der Waals surface area contributed by atoms with E-state index in [-0.39, 0.29) is 23.0 Å². The summed E-state index contributed by atoms with van der Waals surface area (Å²) in [6.45, 7) is 5.37. The van der Waals surface area contributed by atoms with Gasteiger partial charge in [0, 0.05) is 31.7 Å². The van der Waals surface area contributed by atoms with Crippen molar-refractivity contribution in [1.82, 2.24) is 14.2 Å². The van der Waals surface area contributed by atoms with Crippen molar-refractivity contribution in [1.29, 1.82) is 0 Å². The molecule has 0 radical (unpaired) electrons. The Morgan fingerprint density at radius 1 is 1.11 bits per heavy atom. The Morgan fingerprint density at radius 2 is 1.77 bits per heavy atom. The van der Waals surface area contributed by atoms with Gasteiger partial charge in [0.15, 0.2) is 5.13 Å². The zero-order valence-corrected chi connectivity index (χ0v) is 22.5. The van der Waals surface area contributed by atoms with Crippen molar-refractivity contribution in [2.45, 2.75) is 31.0 Å². The number of sulfonamides is 1. The SMILES string of the molecule is C[C@@H]1CN(S(=O)(=O)c2ccc(C(=O)N(CCN(C)C)c3nc4c(Cl)cccc4s3)cc2)C[C@H](C)O1. The second-order valence-corrected chi connectivity index (χ2v) is 12.3. The smallest absolute Gasteiger partial charge is 0.260 e. The average Bonchev–Trinajstić information content (AvgIpc) is 3.24. The number of nitrogens with zero attached hydrogens (tertiary/aromatic N) is 4. The number of rotatable bonds is 7. The molecule has 0 unspecified atom stereocenters. The van der Waals surface area contributed by atoms with E-state index in [2.05, 4.69) is 4.98 Å². The summed E-state index contributed by atoms with van der Waals surface area (Å²) < 4.78 is 34.3.